The first-order valence-corrected chi connectivity index (χ1v) is 8.02. The molecule has 1 atom stereocenters. The summed E-state index contributed by atoms with van der Waals surface area (Å²) < 4.78 is 11.4. The Balaban J connectivity index is 1.97. The monoisotopic (exact) mass is 303 g/mol. The van der Waals surface area contributed by atoms with Crippen LogP contribution in [0.4, 0.5) is 0 Å². The van der Waals surface area contributed by atoms with Gasteiger partial charge in [-0.15, -0.1) is 11.3 Å². The van der Waals surface area contributed by atoms with Crippen molar-refractivity contribution in [3.8, 4) is 11.5 Å². The van der Waals surface area contributed by atoms with Crippen LogP contribution < -0.4 is 14.8 Å². The second-order valence-electron chi connectivity index (χ2n) is 5.98. The maximum atomic E-state index is 5.96. The lowest BCUT2D eigenvalue weighted by molar-refractivity contribution is 0.138. The average Bonchev–Trinajstić information content (AvgIpc) is 3.01. The molecule has 1 aromatic carbocycles. The number of hydrogen-bond acceptors (Lipinski definition) is 4. The fraction of sp³-hybridized carbons (Fsp3) is 0.412. The summed E-state index contributed by atoms with van der Waals surface area (Å²) in [5, 5.41) is 5.46. The number of thiophene rings is 1. The Morgan fingerprint density at radius 2 is 2.14 bits per heavy atom. The SMILES string of the molecule is CNC(c1ccc2c(c1)CC(C)(C)O2)c1sccc1OC. The standard InChI is InChI=1S/C17H21NO2S/c1-17(2)10-12-9-11(5-6-13(12)20-17)15(18-3)16-14(19-4)7-8-21-16/h5-9,15,18H,10H2,1-4H3. The van der Waals surface area contributed by atoms with Crippen LogP contribution in [0.5, 0.6) is 11.5 Å². The molecule has 0 fully saturated rings. The molecule has 0 saturated heterocycles. The van der Waals surface area contributed by atoms with E-state index in [9.17, 15) is 0 Å². The Bertz CT molecular complexity index is 648. The Kier molecular flexibility index (Phi) is 3.68. The van der Waals surface area contributed by atoms with E-state index in [0.29, 0.717) is 0 Å². The summed E-state index contributed by atoms with van der Waals surface area (Å²) in [4.78, 5) is 1.21. The molecule has 0 radical (unpaired) electrons. The van der Waals surface area contributed by atoms with Gasteiger partial charge in [0.1, 0.15) is 17.1 Å². The summed E-state index contributed by atoms with van der Waals surface area (Å²) in [5.74, 6) is 1.95. The van der Waals surface area contributed by atoms with Gasteiger partial charge < -0.3 is 14.8 Å². The lowest BCUT2D eigenvalue weighted by Crippen LogP contribution is -2.24. The van der Waals surface area contributed by atoms with Crippen molar-refractivity contribution in [1.82, 2.24) is 5.32 Å². The van der Waals surface area contributed by atoms with Crippen molar-refractivity contribution in [2.75, 3.05) is 14.2 Å². The van der Waals surface area contributed by atoms with Crippen LogP contribution in [0.25, 0.3) is 0 Å². The van der Waals surface area contributed by atoms with Gasteiger partial charge in [0.05, 0.1) is 18.0 Å². The van der Waals surface area contributed by atoms with Gasteiger partial charge in [-0.25, -0.2) is 0 Å². The maximum absolute atomic E-state index is 5.96. The Morgan fingerprint density at radius 1 is 1.33 bits per heavy atom. The molecule has 1 N–H and O–H groups in total. The summed E-state index contributed by atoms with van der Waals surface area (Å²) >= 11 is 1.72. The zero-order valence-corrected chi connectivity index (χ0v) is 13.7. The zero-order valence-electron chi connectivity index (χ0n) is 12.9. The smallest absolute Gasteiger partial charge is 0.134 e. The van der Waals surface area contributed by atoms with Gasteiger partial charge in [0, 0.05) is 6.42 Å². The minimum atomic E-state index is -0.100. The summed E-state index contributed by atoms with van der Waals surface area (Å²) in [5.41, 5.74) is 2.43. The van der Waals surface area contributed by atoms with E-state index in [0.717, 1.165) is 17.9 Å². The first-order chi connectivity index (χ1) is 10.0. The number of benzene rings is 1. The molecule has 1 aliphatic rings. The molecule has 4 heteroatoms. The average molecular weight is 303 g/mol. The van der Waals surface area contributed by atoms with Crippen LogP contribution in [0.3, 0.4) is 0 Å². The van der Waals surface area contributed by atoms with E-state index in [-0.39, 0.29) is 11.6 Å². The highest BCUT2D eigenvalue weighted by Gasteiger charge is 2.30. The van der Waals surface area contributed by atoms with Crippen LogP contribution in [-0.2, 0) is 6.42 Å². The Morgan fingerprint density at radius 3 is 2.86 bits per heavy atom. The summed E-state index contributed by atoms with van der Waals surface area (Å²) in [6.45, 7) is 4.26. The second kappa shape index (κ2) is 5.35. The minimum absolute atomic E-state index is 0.100. The number of fused-ring (bicyclic) bond motifs is 1. The molecule has 2 aromatic rings. The van der Waals surface area contributed by atoms with Crippen LogP contribution in [0.15, 0.2) is 29.6 Å². The number of nitrogens with one attached hydrogen (secondary N) is 1. The van der Waals surface area contributed by atoms with Gasteiger partial charge in [-0.05, 0) is 49.5 Å². The third-order valence-electron chi connectivity index (χ3n) is 3.85. The van der Waals surface area contributed by atoms with Crippen molar-refractivity contribution in [2.24, 2.45) is 0 Å². The number of methoxy groups -OCH3 is 1. The fourth-order valence-electron chi connectivity index (χ4n) is 2.95. The molecule has 3 nitrogen and oxygen atoms in total. The fourth-order valence-corrected chi connectivity index (χ4v) is 3.94. The second-order valence-corrected chi connectivity index (χ2v) is 6.93. The summed E-state index contributed by atoms with van der Waals surface area (Å²) in [7, 11) is 3.70. The van der Waals surface area contributed by atoms with Crippen LogP contribution in [0.2, 0.25) is 0 Å². The molecule has 1 aromatic heterocycles. The van der Waals surface area contributed by atoms with Gasteiger partial charge in [0.2, 0.25) is 0 Å². The predicted molar refractivity (Wildman–Crippen MR) is 86.6 cm³/mol. The normalized spacial score (nSPS) is 17.1. The third-order valence-corrected chi connectivity index (χ3v) is 4.81. The van der Waals surface area contributed by atoms with Crippen LogP contribution >= 0.6 is 11.3 Å². The highest BCUT2D eigenvalue weighted by Crippen LogP contribution is 2.39. The van der Waals surface area contributed by atoms with E-state index in [1.54, 1.807) is 18.4 Å². The van der Waals surface area contributed by atoms with Gasteiger partial charge in [-0.2, -0.15) is 0 Å². The van der Waals surface area contributed by atoms with Crippen molar-refractivity contribution in [1.29, 1.82) is 0 Å². The molecule has 112 valence electrons. The zero-order chi connectivity index (χ0) is 15.0. The van der Waals surface area contributed by atoms with Crippen LogP contribution in [0.1, 0.15) is 35.9 Å². The molecule has 0 spiro atoms. The Labute approximate surface area is 129 Å². The predicted octanol–water partition coefficient (Wildman–Crippen LogP) is 3.78. The van der Waals surface area contributed by atoms with Gasteiger partial charge >= 0.3 is 0 Å². The molecular weight excluding hydrogens is 282 g/mol. The lowest BCUT2D eigenvalue weighted by atomic mass is 9.97. The number of hydrogen-bond donors (Lipinski definition) is 1. The van der Waals surface area contributed by atoms with Gasteiger partial charge in [0.25, 0.3) is 0 Å². The van der Waals surface area contributed by atoms with Crippen molar-refractivity contribution in [3.63, 3.8) is 0 Å². The van der Waals surface area contributed by atoms with E-state index in [1.807, 2.05) is 13.1 Å². The Hall–Kier alpha value is -1.52. The largest absolute Gasteiger partial charge is 0.496 e. The summed E-state index contributed by atoms with van der Waals surface area (Å²) in [6, 6.07) is 8.65. The molecule has 0 amide bonds. The molecular formula is C17H21NO2S. The topological polar surface area (TPSA) is 30.5 Å². The third kappa shape index (κ3) is 2.65. The molecule has 1 unspecified atom stereocenters. The maximum Gasteiger partial charge on any atom is 0.134 e. The van der Waals surface area contributed by atoms with E-state index < -0.39 is 0 Å². The molecule has 0 saturated carbocycles. The lowest BCUT2D eigenvalue weighted by Gasteiger charge is -2.17. The summed E-state index contributed by atoms with van der Waals surface area (Å²) in [6.07, 6.45) is 0.953. The van der Waals surface area contributed by atoms with E-state index in [4.69, 9.17) is 9.47 Å². The number of rotatable bonds is 4. The molecule has 0 bridgehead atoms. The molecule has 0 aliphatic carbocycles. The van der Waals surface area contributed by atoms with Gasteiger partial charge in [-0.1, -0.05) is 12.1 Å². The molecule has 3 rings (SSSR count). The minimum Gasteiger partial charge on any atom is -0.496 e. The first kappa shape index (κ1) is 14.4. The van der Waals surface area contributed by atoms with Crippen molar-refractivity contribution in [3.05, 3.63) is 45.6 Å². The van der Waals surface area contributed by atoms with Crippen molar-refractivity contribution >= 4 is 11.3 Å². The molecule has 21 heavy (non-hydrogen) atoms. The van der Waals surface area contributed by atoms with Crippen molar-refractivity contribution in [2.45, 2.75) is 31.9 Å². The van der Waals surface area contributed by atoms with Crippen molar-refractivity contribution < 1.29 is 9.47 Å². The molecule has 1 aliphatic heterocycles. The van der Waals surface area contributed by atoms with E-state index in [1.165, 1.54) is 16.0 Å². The van der Waals surface area contributed by atoms with Gasteiger partial charge in [0.15, 0.2) is 0 Å². The highest BCUT2D eigenvalue weighted by atomic mass is 32.1. The highest BCUT2D eigenvalue weighted by molar-refractivity contribution is 7.10. The van der Waals surface area contributed by atoms with Gasteiger partial charge in [-0.3, -0.25) is 0 Å². The van der Waals surface area contributed by atoms with E-state index in [2.05, 4.69) is 42.7 Å². The molecule has 2 heterocycles. The van der Waals surface area contributed by atoms with E-state index >= 15 is 0 Å². The van der Waals surface area contributed by atoms with Crippen LogP contribution in [-0.4, -0.2) is 19.8 Å². The van der Waals surface area contributed by atoms with Crippen LogP contribution in [0, 0.1) is 0 Å². The first-order valence-electron chi connectivity index (χ1n) is 7.14. The number of ether oxygens (including phenoxy) is 2. The quantitative estimate of drug-likeness (QED) is 0.932.